The molecule has 0 unspecified atom stereocenters. The first-order valence-electron chi connectivity index (χ1n) is 7.04. The van der Waals surface area contributed by atoms with Gasteiger partial charge in [0.25, 0.3) is 0 Å². The van der Waals surface area contributed by atoms with E-state index in [9.17, 15) is 9.18 Å². The zero-order chi connectivity index (χ0) is 16.2. The Bertz CT molecular complexity index is 816. The zero-order valence-corrected chi connectivity index (χ0v) is 13.3. The third-order valence-corrected chi connectivity index (χ3v) is 4.24. The van der Waals surface area contributed by atoms with Crippen LogP contribution in [0.1, 0.15) is 16.2 Å². The maximum absolute atomic E-state index is 12.9. The van der Waals surface area contributed by atoms with Crippen molar-refractivity contribution in [2.24, 2.45) is 0 Å². The summed E-state index contributed by atoms with van der Waals surface area (Å²) in [4.78, 5) is 12.2. The first-order chi connectivity index (χ1) is 11.1. The summed E-state index contributed by atoms with van der Waals surface area (Å²) >= 11 is 1.32. The lowest BCUT2D eigenvalue weighted by molar-refractivity contribution is 0.102. The second-order valence-corrected chi connectivity index (χ2v) is 5.86. The van der Waals surface area contributed by atoms with Crippen LogP contribution in [0.5, 0.6) is 0 Å². The Balaban J connectivity index is 1.77. The second-order valence-electron chi connectivity index (χ2n) is 4.92. The number of ketones is 1. The van der Waals surface area contributed by atoms with Crippen molar-refractivity contribution in [3.05, 3.63) is 71.8 Å². The first-order valence-corrected chi connectivity index (χ1v) is 8.03. The largest absolute Gasteiger partial charge is 0.293 e. The molecule has 4 nitrogen and oxygen atoms in total. The normalized spacial score (nSPS) is 10.7. The van der Waals surface area contributed by atoms with E-state index in [-0.39, 0.29) is 17.4 Å². The number of rotatable bonds is 5. The minimum atomic E-state index is -0.353. The molecule has 3 aromatic rings. The molecule has 23 heavy (non-hydrogen) atoms. The molecule has 116 valence electrons. The first kappa shape index (κ1) is 15.4. The molecular weight excluding hydrogens is 313 g/mol. The predicted molar refractivity (Wildman–Crippen MR) is 87.6 cm³/mol. The van der Waals surface area contributed by atoms with Gasteiger partial charge in [-0.1, -0.05) is 30.0 Å². The SMILES string of the molecule is Cc1nnc(SCC(=O)c2ccc(F)cc2)n1-c1ccccc1. The van der Waals surface area contributed by atoms with Gasteiger partial charge in [0.1, 0.15) is 11.6 Å². The highest BCUT2D eigenvalue weighted by molar-refractivity contribution is 7.99. The lowest BCUT2D eigenvalue weighted by Crippen LogP contribution is -2.05. The molecular formula is C17H14FN3OS. The number of hydrogen-bond donors (Lipinski definition) is 0. The molecule has 0 N–H and O–H groups in total. The second kappa shape index (κ2) is 6.75. The van der Waals surface area contributed by atoms with Crippen molar-refractivity contribution in [2.75, 3.05) is 5.75 Å². The van der Waals surface area contributed by atoms with Crippen LogP contribution in [0.3, 0.4) is 0 Å². The topological polar surface area (TPSA) is 47.8 Å². The van der Waals surface area contributed by atoms with Crippen LogP contribution >= 0.6 is 11.8 Å². The number of carbonyl (C=O) groups excluding carboxylic acids is 1. The van der Waals surface area contributed by atoms with Crippen LogP contribution in [0.25, 0.3) is 5.69 Å². The van der Waals surface area contributed by atoms with E-state index in [0.717, 1.165) is 11.5 Å². The molecule has 1 aromatic heterocycles. The maximum Gasteiger partial charge on any atom is 0.196 e. The average molecular weight is 327 g/mol. The summed E-state index contributed by atoms with van der Waals surface area (Å²) in [5.74, 6) is 0.549. The van der Waals surface area contributed by atoms with Crippen molar-refractivity contribution in [1.82, 2.24) is 14.8 Å². The number of aryl methyl sites for hydroxylation is 1. The van der Waals surface area contributed by atoms with Gasteiger partial charge in [0.05, 0.1) is 5.75 Å². The Hall–Kier alpha value is -2.47. The molecule has 0 amide bonds. The Morgan fingerprint density at radius 2 is 1.78 bits per heavy atom. The highest BCUT2D eigenvalue weighted by atomic mass is 32.2. The highest BCUT2D eigenvalue weighted by Crippen LogP contribution is 2.22. The molecule has 0 fully saturated rings. The highest BCUT2D eigenvalue weighted by Gasteiger charge is 2.14. The summed E-state index contributed by atoms with van der Waals surface area (Å²) < 4.78 is 14.8. The quantitative estimate of drug-likeness (QED) is 0.530. The van der Waals surface area contributed by atoms with Gasteiger partial charge in [-0.05, 0) is 43.3 Å². The minimum absolute atomic E-state index is 0.0738. The molecule has 0 saturated heterocycles. The van der Waals surface area contributed by atoms with Crippen LogP contribution in [0, 0.1) is 12.7 Å². The Kier molecular flexibility index (Phi) is 4.52. The lowest BCUT2D eigenvalue weighted by Gasteiger charge is -2.07. The van der Waals surface area contributed by atoms with Gasteiger partial charge < -0.3 is 0 Å². The van der Waals surface area contributed by atoms with Gasteiger partial charge in [0, 0.05) is 11.3 Å². The van der Waals surface area contributed by atoms with Crippen LogP contribution in [0.15, 0.2) is 59.8 Å². The van der Waals surface area contributed by atoms with Crippen LogP contribution in [-0.4, -0.2) is 26.3 Å². The summed E-state index contributed by atoms with van der Waals surface area (Å²) in [6.45, 7) is 1.87. The summed E-state index contributed by atoms with van der Waals surface area (Å²) in [5.41, 5.74) is 1.44. The van der Waals surface area contributed by atoms with Gasteiger partial charge >= 0.3 is 0 Å². The molecule has 2 aromatic carbocycles. The smallest absolute Gasteiger partial charge is 0.196 e. The third-order valence-electron chi connectivity index (χ3n) is 3.31. The van der Waals surface area contributed by atoms with Crippen molar-refractivity contribution in [3.8, 4) is 5.69 Å². The van der Waals surface area contributed by atoms with Crippen molar-refractivity contribution in [1.29, 1.82) is 0 Å². The van der Waals surface area contributed by atoms with E-state index < -0.39 is 0 Å². The van der Waals surface area contributed by atoms with Crippen LogP contribution in [0.4, 0.5) is 4.39 Å². The summed E-state index contributed by atoms with van der Waals surface area (Å²) in [7, 11) is 0. The fraction of sp³-hybridized carbons (Fsp3) is 0.118. The van der Waals surface area contributed by atoms with E-state index in [1.807, 2.05) is 41.8 Å². The molecule has 0 spiro atoms. The molecule has 0 aliphatic heterocycles. The van der Waals surface area contributed by atoms with E-state index in [1.54, 1.807) is 0 Å². The van der Waals surface area contributed by atoms with Crippen LogP contribution in [0.2, 0.25) is 0 Å². The van der Waals surface area contributed by atoms with E-state index in [0.29, 0.717) is 10.7 Å². The Morgan fingerprint density at radius 1 is 1.09 bits per heavy atom. The Labute approximate surface area is 137 Å². The fourth-order valence-electron chi connectivity index (χ4n) is 2.16. The number of halogens is 1. The van der Waals surface area contributed by atoms with Gasteiger partial charge in [-0.25, -0.2) is 4.39 Å². The number of aromatic nitrogens is 3. The molecule has 1 heterocycles. The number of thioether (sulfide) groups is 1. The number of benzene rings is 2. The van der Waals surface area contributed by atoms with Crippen molar-refractivity contribution in [3.63, 3.8) is 0 Å². The monoisotopic (exact) mass is 327 g/mol. The van der Waals surface area contributed by atoms with E-state index in [4.69, 9.17) is 0 Å². The number of nitrogens with zero attached hydrogens (tertiary/aromatic N) is 3. The summed E-state index contributed by atoms with van der Waals surface area (Å²) in [6.07, 6.45) is 0. The van der Waals surface area contributed by atoms with Gasteiger partial charge in [-0.2, -0.15) is 0 Å². The third kappa shape index (κ3) is 3.48. The van der Waals surface area contributed by atoms with E-state index in [1.165, 1.54) is 36.0 Å². The molecule has 0 atom stereocenters. The maximum atomic E-state index is 12.9. The van der Waals surface area contributed by atoms with E-state index in [2.05, 4.69) is 10.2 Å². The zero-order valence-electron chi connectivity index (χ0n) is 12.4. The van der Waals surface area contributed by atoms with E-state index >= 15 is 0 Å². The Morgan fingerprint density at radius 3 is 2.48 bits per heavy atom. The van der Waals surface area contributed by atoms with Crippen LogP contribution < -0.4 is 0 Å². The molecule has 0 bridgehead atoms. The van der Waals surface area contributed by atoms with Crippen LogP contribution in [-0.2, 0) is 0 Å². The minimum Gasteiger partial charge on any atom is -0.293 e. The fourth-order valence-corrected chi connectivity index (χ4v) is 3.05. The number of carbonyl (C=O) groups is 1. The lowest BCUT2D eigenvalue weighted by atomic mass is 10.1. The molecule has 6 heteroatoms. The number of Topliss-reactive ketones (excluding diaryl/α,β-unsaturated/α-hetero) is 1. The van der Waals surface area contributed by atoms with Gasteiger partial charge in [-0.3, -0.25) is 9.36 Å². The van der Waals surface area contributed by atoms with Crippen molar-refractivity contribution in [2.45, 2.75) is 12.1 Å². The molecule has 3 rings (SSSR count). The number of hydrogen-bond acceptors (Lipinski definition) is 4. The van der Waals surface area contributed by atoms with Gasteiger partial charge in [0.15, 0.2) is 10.9 Å². The number of para-hydroxylation sites is 1. The molecule has 0 saturated carbocycles. The van der Waals surface area contributed by atoms with Gasteiger partial charge in [-0.15, -0.1) is 10.2 Å². The van der Waals surface area contributed by atoms with Crippen molar-refractivity contribution < 1.29 is 9.18 Å². The summed E-state index contributed by atoms with van der Waals surface area (Å²) in [5, 5.41) is 8.88. The standard InChI is InChI=1S/C17H14FN3OS/c1-12-19-20-17(21(12)15-5-3-2-4-6-15)23-11-16(22)13-7-9-14(18)10-8-13/h2-10H,11H2,1H3. The molecule has 0 aliphatic carbocycles. The average Bonchev–Trinajstić information content (AvgIpc) is 2.95. The van der Waals surface area contributed by atoms with Gasteiger partial charge in [0.2, 0.25) is 0 Å². The van der Waals surface area contributed by atoms with Crippen molar-refractivity contribution >= 4 is 17.5 Å². The predicted octanol–water partition coefficient (Wildman–Crippen LogP) is 3.69. The molecule has 0 radical (unpaired) electrons. The summed E-state index contributed by atoms with van der Waals surface area (Å²) in [6, 6.07) is 15.3. The molecule has 0 aliphatic rings.